The minimum absolute atomic E-state index is 0.108. The van der Waals surface area contributed by atoms with Gasteiger partial charge < -0.3 is 20.7 Å². The average Bonchev–Trinajstić information content (AvgIpc) is 2.45. The van der Waals surface area contributed by atoms with Crippen molar-refractivity contribution < 1.29 is 9.53 Å². The standard InChI is InChI=1S/C16H25N3O2/c1-4-11-21-15-12-13(7-8-14(15)17)16(20)18-9-5-6-10-19(2)3/h4,7-8,12H,1,5-6,9-11,17H2,2-3H3,(H,18,20). The van der Waals surface area contributed by atoms with Crippen LogP contribution in [0.4, 0.5) is 5.69 Å². The van der Waals surface area contributed by atoms with E-state index in [0.29, 0.717) is 30.2 Å². The highest BCUT2D eigenvalue weighted by molar-refractivity contribution is 5.95. The highest BCUT2D eigenvalue weighted by Gasteiger charge is 2.08. The predicted octanol–water partition coefficient (Wildman–Crippen LogP) is 1.91. The molecule has 5 heteroatoms. The smallest absolute Gasteiger partial charge is 0.251 e. The Balaban J connectivity index is 2.48. The van der Waals surface area contributed by atoms with Crippen molar-refractivity contribution in [1.82, 2.24) is 10.2 Å². The molecule has 1 aromatic rings. The van der Waals surface area contributed by atoms with Gasteiger partial charge in [-0.25, -0.2) is 0 Å². The fraction of sp³-hybridized carbons (Fsp3) is 0.438. The van der Waals surface area contributed by atoms with E-state index in [1.807, 2.05) is 14.1 Å². The zero-order chi connectivity index (χ0) is 15.7. The van der Waals surface area contributed by atoms with Gasteiger partial charge in [-0.05, 0) is 51.7 Å². The third-order valence-electron chi connectivity index (χ3n) is 2.95. The highest BCUT2D eigenvalue weighted by Crippen LogP contribution is 2.22. The van der Waals surface area contributed by atoms with Crippen LogP contribution in [0.1, 0.15) is 23.2 Å². The molecule has 1 rings (SSSR count). The van der Waals surface area contributed by atoms with E-state index in [2.05, 4.69) is 16.8 Å². The van der Waals surface area contributed by atoms with Gasteiger partial charge in [0.05, 0.1) is 5.69 Å². The second kappa shape index (κ2) is 9.02. The number of nitrogens with zero attached hydrogens (tertiary/aromatic N) is 1. The Bertz CT molecular complexity index is 473. The SMILES string of the molecule is C=CCOc1cc(C(=O)NCCCCN(C)C)ccc1N. The zero-order valence-electron chi connectivity index (χ0n) is 12.9. The molecule has 3 N–H and O–H groups in total. The molecule has 0 saturated carbocycles. The van der Waals surface area contributed by atoms with Crippen molar-refractivity contribution in [3.05, 3.63) is 36.4 Å². The van der Waals surface area contributed by atoms with Crippen LogP contribution in [-0.2, 0) is 0 Å². The molecule has 0 saturated heterocycles. The number of unbranched alkanes of at least 4 members (excludes halogenated alkanes) is 1. The van der Waals surface area contributed by atoms with Gasteiger partial charge in [-0.15, -0.1) is 0 Å². The van der Waals surface area contributed by atoms with Crippen LogP contribution in [0.25, 0.3) is 0 Å². The van der Waals surface area contributed by atoms with Gasteiger partial charge in [0, 0.05) is 12.1 Å². The molecule has 0 unspecified atom stereocenters. The Labute approximate surface area is 126 Å². The lowest BCUT2D eigenvalue weighted by Crippen LogP contribution is -2.25. The molecule has 5 nitrogen and oxygen atoms in total. The summed E-state index contributed by atoms with van der Waals surface area (Å²) >= 11 is 0. The van der Waals surface area contributed by atoms with E-state index in [0.717, 1.165) is 19.4 Å². The van der Waals surface area contributed by atoms with Crippen LogP contribution in [0, 0.1) is 0 Å². The maximum atomic E-state index is 12.0. The molecule has 0 bridgehead atoms. The Hall–Kier alpha value is -2.01. The van der Waals surface area contributed by atoms with Gasteiger partial charge in [0.1, 0.15) is 12.4 Å². The number of ether oxygens (including phenoxy) is 1. The van der Waals surface area contributed by atoms with Crippen LogP contribution >= 0.6 is 0 Å². The Morgan fingerprint density at radius 3 is 2.86 bits per heavy atom. The van der Waals surface area contributed by atoms with Gasteiger partial charge in [0.15, 0.2) is 0 Å². The first-order chi connectivity index (χ1) is 10.0. The molecule has 0 fully saturated rings. The van der Waals surface area contributed by atoms with Gasteiger partial charge in [0.25, 0.3) is 5.91 Å². The largest absolute Gasteiger partial charge is 0.487 e. The second-order valence-electron chi connectivity index (χ2n) is 5.12. The molecule has 0 radical (unpaired) electrons. The summed E-state index contributed by atoms with van der Waals surface area (Å²) in [4.78, 5) is 14.2. The Kier molecular flexibility index (Phi) is 7.32. The van der Waals surface area contributed by atoms with E-state index in [4.69, 9.17) is 10.5 Å². The summed E-state index contributed by atoms with van der Waals surface area (Å²) in [6.45, 7) is 5.64. The average molecular weight is 291 g/mol. The van der Waals surface area contributed by atoms with E-state index >= 15 is 0 Å². The van der Waals surface area contributed by atoms with Crippen LogP contribution in [0.3, 0.4) is 0 Å². The first-order valence-electron chi connectivity index (χ1n) is 7.10. The third kappa shape index (κ3) is 6.31. The number of hydrogen-bond acceptors (Lipinski definition) is 4. The summed E-state index contributed by atoms with van der Waals surface area (Å²) in [6, 6.07) is 5.04. The molecule has 0 aliphatic heterocycles. The minimum atomic E-state index is -0.108. The van der Waals surface area contributed by atoms with E-state index in [1.165, 1.54) is 0 Å². The molecule has 0 atom stereocenters. The molecule has 0 aliphatic rings. The molecule has 0 aliphatic carbocycles. The Morgan fingerprint density at radius 1 is 1.43 bits per heavy atom. The number of anilines is 1. The summed E-state index contributed by atoms with van der Waals surface area (Å²) in [5.74, 6) is 0.401. The molecular formula is C16H25N3O2. The number of carbonyl (C=O) groups is 1. The lowest BCUT2D eigenvalue weighted by molar-refractivity contribution is 0.0952. The first-order valence-corrected chi connectivity index (χ1v) is 7.10. The summed E-state index contributed by atoms with van der Waals surface area (Å²) in [5, 5.41) is 2.90. The van der Waals surface area contributed by atoms with Crippen molar-refractivity contribution in [3.8, 4) is 5.75 Å². The third-order valence-corrected chi connectivity index (χ3v) is 2.95. The number of amides is 1. The molecule has 0 spiro atoms. The van der Waals surface area contributed by atoms with Gasteiger partial charge in [-0.2, -0.15) is 0 Å². The first kappa shape index (κ1) is 17.0. The number of nitrogens with one attached hydrogen (secondary N) is 1. The monoisotopic (exact) mass is 291 g/mol. The molecule has 1 amide bonds. The van der Waals surface area contributed by atoms with Crippen molar-refractivity contribution in [2.24, 2.45) is 0 Å². The summed E-state index contributed by atoms with van der Waals surface area (Å²) in [6.07, 6.45) is 3.65. The maximum absolute atomic E-state index is 12.0. The van der Waals surface area contributed by atoms with Gasteiger partial charge >= 0.3 is 0 Å². The molecule has 0 heterocycles. The summed E-state index contributed by atoms with van der Waals surface area (Å²) < 4.78 is 5.42. The number of nitrogens with two attached hydrogens (primary N) is 1. The number of hydrogen-bond donors (Lipinski definition) is 2. The van der Waals surface area contributed by atoms with E-state index < -0.39 is 0 Å². The van der Waals surface area contributed by atoms with Crippen LogP contribution < -0.4 is 15.8 Å². The molecule has 0 aromatic heterocycles. The summed E-state index contributed by atoms with van der Waals surface area (Å²) in [5.41, 5.74) is 6.87. The van der Waals surface area contributed by atoms with E-state index in [1.54, 1.807) is 24.3 Å². The van der Waals surface area contributed by atoms with Crippen LogP contribution in [-0.4, -0.2) is 44.6 Å². The van der Waals surface area contributed by atoms with Gasteiger partial charge in [0.2, 0.25) is 0 Å². The predicted molar refractivity (Wildman–Crippen MR) is 86.7 cm³/mol. The van der Waals surface area contributed by atoms with Crippen LogP contribution in [0.2, 0.25) is 0 Å². The number of benzene rings is 1. The van der Waals surface area contributed by atoms with Crippen molar-refractivity contribution in [2.45, 2.75) is 12.8 Å². The lowest BCUT2D eigenvalue weighted by atomic mass is 10.1. The minimum Gasteiger partial charge on any atom is -0.487 e. The number of rotatable bonds is 9. The number of carbonyl (C=O) groups excluding carboxylic acids is 1. The molecule has 21 heavy (non-hydrogen) atoms. The van der Waals surface area contributed by atoms with E-state index in [9.17, 15) is 4.79 Å². The second-order valence-corrected chi connectivity index (χ2v) is 5.12. The van der Waals surface area contributed by atoms with Crippen LogP contribution in [0.5, 0.6) is 5.75 Å². The molecule has 116 valence electrons. The number of nitrogen functional groups attached to an aromatic ring is 1. The van der Waals surface area contributed by atoms with E-state index in [-0.39, 0.29) is 5.91 Å². The normalized spacial score (nSPS) is 10.4. The van der Waals surface area contributed by atoms with Gasteiger partial charge in [-0.1, -0.05) is 12.7 Å². The fourth-order valence-corrected chi connectivity index (χ4v) is 1.81. The lowest BCUT2D eigenvalue weighted by Gasteiger charge is -2.11. The topological polar surface area (TPSA) is 67.6 Å². The van der Waals surface area contributed by atoms with Crippen molar-refractivity contribution in [1.29, 1.82) is 0 Å². The van der Waals surface area contributed by atoms with Crippen molar-refractivity contribution in [3.63, 3.8) is 0 Å². The Morgan fingerprint density at radius 2 is 2.19 bits per heavy atom. The molecular weight excluding hydrogens is 266 g/mol. The maximum Gasteiger partial charge on any atom is 0.251 e. The van der Waals surface area contributed by atoms with Crippen molar-refractivity contribution >= 4 is 11.6 Å². The highest BCUT2D eigenvalue weighted by atomic mass is 16.5. The van der Waals surface area contributed by atoms with Crippen LogP contribution in [0.15, 0.2) is 30.9 Å². The zero-order valence-corrected chi connectivity index (χ0v) is 12.9. The summed E-state index contributed by atoms with van der Waals surface area (Å²) in [7, 11) is 4.08. The quantitative estimate of drug-likeness (QED) is 0.414. The fourth-order valence-electron chi connectivity index (χ4n) is 1.81. The van der Waals surface area contributed by atoms with Crippen molar-refractivity contribution in [2.75, 3.05) is 39.5 Å². The molecule has 1 aromatic carbocycles. The van der Waals surface area contributed by atoms with Gasteiger partial charge in [-0.3, -0.25) is 4.79 Å².